The van der Waals surface area contributed by atoms with Gasteiger partial charge >= 0.3 is 0 Å². The summed E-state index contributed by atoms with van der Waals surface area (Å²) in [7, 11) is 0. The van der Waals surface area contributed by atoms with Gasteiger partial charge in [-0.05, 0) is 62.1 Å². The normalized spacial score (nSPS) is 11.7. The summed E-state index contributed by atoms with van der Waals surface area (Å²) in [5, 5.41) is 5.35. The lowest BCUT2D eigenvalue weighted by atomic mass is 10.1. The Balaban J connectivity index is 2.13. The van der Waals surface area contributed by atoms with Gasteiger partial charge < -0.3 is 10.6 Å². The van der Waals surface area contributed by atoms with Gasteiger partial charge in [0.05, 0.1) is 5.69 Å². The van der Waals surface area contributed by atoms with Crippen molar-refractivity contribution in [2.75, 3.05) is 17.3 Å². The van der Waals surface area contributed by atoms with Gasteiger partial charge in [0.25, 0.3) is 5.91 Å². The molecule has 138 valence electrons. The standard InChI is InChI=1S/C20H23FN2O2S/c1-13-5-4-6-15(11-13)19(24)22-17(9-10-26-3)20(25)23-18-12-14(2)7-8-16(18)21/h4-8,11-12,17H,9-10H2,1-3H3,(H,22,24)(H,23,25). The fourth-order valence-electron chi connectivity index (χ4n) is 2.49. The largest absolute Gasteiger partial charge is 0.340 e. The Bertz CT molecular complexity index is 795. The molecule has 4 nitrogen and oxygen atoms in total. The van der Waals surface area contributed by atoms with E-state index >= 15 is 0 Å². The second-order valence-electron chi connectivity index (χ2n) is 6.15. The highest BCUT2D eigenvalue weighted by Crippen LogP contribution is 2.16. The molecule has 0 saturated carbocycles. The molecule has 0 aromatic heterocycles. The van der Waals surface area contributed by atoms with Crippen molar-refractivity contribution in [1.29, 1.82) is 0 Å². The van der Waals surface area contributed by atoms with E-state index in [4.69, 9.17) is 0 Å². The zero-order valence-corrected chi connectivity index (χ0v) is 16.0. The van der Waals surface area contributed by atoms with Crippen molar-refractivity contribution in [3.05, 3.63) is 65.0 Å². The maximum Gasteiger partial charge on any atom is 0.251 e. The third-order valence-corrected chi connectivity index (χ3v) is 4.54. The third-order valence-electron chi connectivity index (χ3n) is 3.89. The van der Waals surface area contributed by atoms with Crippen LogP contribution in [0.2, 0.25) is 0 Å². The van der Waals surface area contributed by atoms with E-state index in [1.807, 2.05) is 26.2 Å². The van der Waals surface area contributed by atoms with Gasteiger partial charge in [0.1, 0.15) is 11.9 Å². The molecule has 0 aliphatic rings. The van der Waals surface area contributed by atoms with Crippen LogP contribution in [0, 0.1) is 19.7 Å². The Morgan fingerprint density at radius 1 is 1.12 bits per heavy atom. The van der Waals surface area contributed by atoms with Crippen LogP contribution >= 0.6 is 11.8 Å². The van der Waals surface area contributed by atoms with E-state index in [1.54, 1.807) is 42.1 Å². The van der Waals surface area contributed by atoms with E-state index in [2.05, 4.69) is 10.6 Å². The number of amides is 2. The number of benzene rings is 2. The minimum absolute atomic E-state index is 0.119. The van der Waals surface area contributed by atoms with Crippen molar-refractivity contribution >= 4 is 29.3 Å². The average Bonchev–Trinajstić information content (AvgIpc) is 2.61. The molecule has 26 heavy (non-hydrogen) atoms. The zero-order valence-electron chi connectivity index (χ0n) is 15.1. The molecule has 0 aliphatic carbocycles. The topological polar surface area (TPSA) is 58.2 Å². The van der Waals surface area contributed by atoms with E-state index in [1.165, 1.54) is 6.07 Å². The van der Waals surface area contributed by atoms with Gasteiger partial charge in [-0.3, -0.25) is 9.59 Å². The Morgan fingerprint density at radius 2 is 1.85 bits per heavy atom. The number of aryl methyl sites for hydroxylation is 2. The first kappa shape index (κ1) is 20.0. The van der Waals surface area contributed by atoms with Crippen LogP contribution in [0.25, 0.3) is 0 Å². The van der Waals surface area contributed by atoms with Crippen molar-refractivity contribution in [3.8, 4) is 0 Å². The summed E-state index contributed by atoms with van der Waals surface area (Å²) in [5.74, 6) is -0.551. The lowest BCUT2D eigenvalue weighted by Gasteiger charge is -2.19. The molecule has 2 aromatic carbocycles. The monoisotopic (exact) mass is 374 g/mol. The number of carbonyl (C=O) groups excluding carboxylic acids is 2. The molecule has 2 rings (SSSR count). The van der Waals surface area contributed by atoms with Gasteiger partial charge in [0.15, 0.2) is 0 Å². The first-order chi connectivity index (χ1) is 12.4. The second kappa shape index (κ2) is 9.38. The highest BCUT2D eigenvalue weighted by atomic mass is 32.2. The van der Waals surface area contributed by atoms with Crippen LogP contribution in [0.1, 0.15) is 27.9 Å². The number of rotatable bonds is 7. The maximum atomic E-state index is 13.9. The number of anilines is 1. The number of carbonyl (C=O) groups is 2. The highest BCUT2D eigenvalue weighted by Gasteiger charge is 2.22. The Kier molecular flexibility index (Phi) is 7.21. The average molecular weight is 374 g/mol. The summed E-state index contributed by atoms with van der Waals surface area (Å²) in [6, 6.07) is 10.9. The smallest absolute Gasteiger partial charge is 0.251 e. The summed E-state index contributed by atoms with van der Waals surface area (Å²) >= 11 is 1.58. The molecule has 0 saturated heterocycles. The molecule has 0 heterocycles. The number of thioether (sulfide) groups is 1. The van der Waals surface area contributed by atoms with Crippen molar-refractivity contribution in [2.24, 2.45) is 0 Å². The molecule has 0 spiro atoms. The summed E-state index contributed by atoms with van der Waals surface area (Å²) in [6.45, 7) is 3.72. The van der Waals surface area contributed by atoms with E-state index in [0.717, 1.165) is 11.1 Å². The summed E-state index contributed by atoms with van der Waals surface area (Å²) < 4.78 is 13.9. The molecule has 1 unspecified atom stereocenters. The van der Waals surface area contributed by atoms with Crippen molar-refractivity contribution in [1.82, 2.24) is 5.32 Å². The predicted molar refractivity (Wildman–Crippen MR) is 105 cm³/mol. The van der Waals surface area contributed by atoms with E-state index in [9.17, 15) is 14.0 Å². The number of hydrogen-bond donors (Lipinski definition) is 2. The van der Waals surface area contributed by atoms with Crippen LogP contribution in [-0.2, 0) is 4.79 Å². The summed E-state index contributed by atoms with van der Waals surface area (Å²) in [5.41, 5.74) is 2.42. The molecule has 0 fully saturated rings. The summed E-state index contributed by atoms with van der Waals surface area (Å²) in [4.78, 5) is 25.1. The van der Waals surface area contributed by atoms with Crippen LogP contribution < -0.4 is 10.6 Å². The minimum atomic E-state index is -0.740. The highest BCUT2D eigenvalue weighted by molar-refractivity contribution is 7.98. The molecule has 2 aromatic rings. The van der Waals surface area contributed by atoms with Gasteiger partial charge in [-0.15, -0.1) is 0 Å². The molecule has 1 atom stereocenters. The second-order valence-corrected chi connectivity index (χ2v) is 7.14. The lowest BCUT2D eigenvalue weighted by molar-refractivity contribution is -0.118. The maximum absolute atomic E-state index is 13.9. The van der Waals surface area contributed by atoms with Gasteiger partial charge in [0.2, 0.25) is 5.91 Å². The SMILES string of the molecule is CSCCC(NC(=O)c1cccc(C)c1)C(=O)Nc1cc(C)ccc1F. The van der Waals surface area contributed by atoms with Gasteiger partial charge in [-0.25, -0.2) is 4.39 Å². The number of halogens is 1. The number of nitrogens with one attached hydrogen (secondary N) is 2. The molecule has 0 aliphatic heterocycles. The van der Waals surface area contributed by atoms with E-state index in [0.29, 0.717) is 17.7 Å². The van der Waals surface area contributed by atoms with Gasteiger partial charge in [-0.1, -0.05) is 23.8 Å². The Hall–Kier alpha value is -2.34. The van der Waals surface area contributed by atoms with E-state index < -0.39 is 17.8 Å². The van der Waals surface area contributed by atoms with Crippen LogP contribution in [-0.4, -0.2) is 29.9 Å². The van der Waals surface area contributed by atoms with Crippen LogP contribution in [0.4, 0.5) is 10.1 Å². The Labute approximate surface area is 157 Å². The van der Waals surface area contributed by atoms with Gasteiger partial charge in [-0.2, -0.15) is 11.8 Å². The van der Waals surface area contributed by atoms with Crippen molar-refractivity contribution in [2.45, 2.75) is 26.3 Å². The zero-order chi connectivity index (χ0) is 19.1. The predicted octanol–water partition coefficient (Wildman–Crippen LogP) is 3.93. The molecule has 2 N–H and O–H groups in total. The molecule has 2 amide bonds. The van der Waals surface area contributed by atoms with Crippen molar-refractivity contribution < 1.29 is 14.0 Å². The molecular weight excluding hydrogens is 351 g/mol. The fourth-order valence-corrected chi connectivity index (χ4v) is 2.96. The molecule has 0 radical (unpaired) electrons. The lowest BCUT2D eigenvalue weighted by Crippen LogP contribution is -2.44. The quantitative estimate of drug-likeness (QED) is 0.772. The van der Waals surface area contributed by atoms with Crippen LogP contribution in [0.3, 0.4) is 0 Å². The molecular formula is C20H23FN2O2S. The molecule has 6 heteroatoms. The molecule has 0 bridgehead atoms. The third kappa shape index (κ3) is 5.59. The fraction of sp³-hybridized carbons (Fsp3) is 0.300. The number of hydrogen-bond acceptors (Lipinski definition) is 3. The minimum Gasteiger partial charge on any atom is -0.340 e. The van der Waals surface area contributed by atoms with Crippen molar-refractivity contribution in [3.63, 3.8) is 0 Å². The van der Waals surface area contributed by atoms with Crippen LogP contribution in [0.5, 0.6) is 0 Å². The van der Waals surface area contributed by atoms with Gasteiger partial charge in [0, 0.05) is 5.56 Å². The summed E-state index contributed by atoms with van der Waals surface area (Å²) in [6.07, 6.45) is 2.38. The van der Waals surface area contributed by atoms with E-state index in [-0.39, 0.29) is 11.6 Å². The van der Waals surface area contributed by atoms with Crippen LogP contribution in [0.15, 0.2) is 42.5 Å². The Morgan fingerprint density at radius 3 is 2.54 bits per heavy atom. The first-order valence-electron chi connectivity index (χ1n) is 8.34. The first-order valence-corrected chi connectivity index (χ1v) is 9.73.